The molecule has 1 fully saturated rings. The summed E-state index contributed by atoms with van der Waals surface area (Å²) in [5, 5.41) is 0.0995. The highest BCUT2D eigenvalue weighted by molar-refractivity contribution is 9.10. The highest BCUT2D eigenvalue weighted by Gasteiger charge is 2.20. The Morgan fingerprint density at radius 1 is 1.30 bits per heavy atom. The van der Waals surface area contributed by atoms with Crippen molar-refractivity contribution in [1.82, 2.24) is 0 Å². The van der Waals surface area contributed by atoms with E-state index in [9.17, 15) is 0 Å². The van der Waals surface area contributed by atoms with E-state index in [1.807, 2.05) is 6.07 Å². The van der Waals surface area contributed by atoms with E-state index in [2.05, 4.69) is 28.1 Å². The number of benzene rings is 1. The summed E-state index contributed by atoms with van der Waals surface area (Å²) >= 11 is 10.1. The van der Waals surface area contributed by atoms with Gasteiger partial charge in [0.2, 0.25) is 0 Å². The number of rotatable bonds is 7. The maximum Gasteiger partial charge on any atom is 0.133 e. The number of hydrogen-bond donors (Lipinski definition) is 0. The van der Waals surface area contributed by atoms with Crippen LogP contribution < -0.4 is 4.74 Å². The second-order valence-electron chi connectivity index (χ2n) is 5.38. The second-order valence-corrected chi connectivity index (χ2v) is 6.77. The number of halogens is 2. The molecule has 1 aromatic rings. The molecule has 4 heteroatoms. The quantitative estimate of drug-likeness (QED) is 0.482. The highest BCUT2D eigenvalue weighted by atomic mass is 79.9. The summed E-state index contributed by atoms with van der Waals surface area (Å²) in [6.45, 7) is 1.15. The SMILES string of the molecule is COCCOc1ccc(C(Cl)CC2CCCC2)cc1Br. The molecule has 1 aliphatic carbocycles. The van der Waals surface area contributed by atoms with Gasteiger partial charge in [-0.3, -0.25) is 0 Å². The lowest BCUT2D eigenvalue weighted by atomic mass is 9.98. The van der Waals surface area contributed by atoms with E-state index < -0.39 is 0 Å². The van der Waals surface area contributed by atoms with Crippen LogP contribution in [0.3, 0.4) is 0 Å². The third kappa shape index (κ3) is 4.64. The molecule has 0 amide bonds. The van der Waals surface area contributed by atoms with Crippen LogP contribution in [-0.2, 0) is 4.74 Å². The average molecular weight is 362 g/mol. The zero-order valence-electron chi connectivity index (χ0n) is 11.9. The topological polar surface area (TPSA) is 18.5 Å². The van der Waals surface area contributed by atoms with E-state index in [-0.39, 0.29) is 5.38 Å². The van der Waals surface area contributed by atoms with Gasteiger partial charge in [-0.1, -0.05) is 31.7 Å². The first-order valence-electron chi connectivity index (χ1n) is 7.26. The molecule has 0 N–H and O–H groups in total. The number of hydrogen-bond acceptors (Lipinski definition) is 2. The van der Waals surface area contributed by atoms with Crippen molar-refractivity contribution in [1.29, 1.82) is 0 Å². The molecule has 0 spiro atoms. The van der Waals surface area contributed by atoms with E-state index in [0.29, 0.717) is 13.2 Å². The highest BCUT2D eigenvalue weighted by Crippen LogP contribution is 2.38. The zero-order chi connectivity index (χ0) is 14.4. The smallest absolute Gasteiger partial charge is 0.133 e. The Morgan fingerprint density at radius 3 is 2.70 bits per heavy atom. The molecule has 2 nitrogen and oxygen atoms in total. The number of ether oxygens (including phenoxy) is 2. The van der Waals surface area contributed by atoms with Crippen LogP contribution in [0.4, 0.5) is 0 Å². The molecule has 2 rings (SSSR count). The van der Waals surface area contributed by atoms with Crippen molar-refractivity contribution in [3.05, 3.63) is 28.2 Å². The van der Waals surface area contributed by atoms with Crippen LogP contribution in [0.2, 0.25) is 0 Å². The number of alkyl halides is 1. The van der Waals surface area contributed by atoms with Gasteiger partial charge in [0.05, 0.1) is 16.5 Å². The Hall–Kier alpha value is -0.250. The summed E-state index contributed by atoms with van der Waals surface area (Å²) in [7, 11) is 1.67. The van der Waals surface area contributed by atoms with Crippen LogP contribution >= 0.6 is 27.5 Å². The van der Waals surface area contributed by atoms with E-state index in [4.69, 9.17) is 21.1 Å². The van der Waals surface area contributed by atoms with Crippen molar-refractivity contribution in [2.24, 2.45) is 5.92 Å². The van der Waals surface area contributed by atoms with Crippen LogP contribution in [0.15, 0.2) is 22.7 Å². The maximum atomic E-state index is 6.56. The molecule has 0 heterocycles. The molecule has 1 aliphatic rings. The fraction of sp³-hybridized carbons (Fsp3) is 0.625. The van der Waals surface area contributed by atoms with Crippen molar-refractivity contribution in [3.63, 3.8) is 0 Å². The fourth-order valence-corrected chi connectivity index (χ4v) is 3.64. The Morgan fingerprint density at radius 2 is 2.05 bits per heavy atom. The van der Waals surface area contributed by atoms with Gasteiger partial charge in [0.15, 0.2) is 0 Å². The van der Waals surface area contributed by atoms with E-state index in [1.165, 1.54) is 31.2 Å². The average Bonchev–Trinajstić information content (AvgIpc) is 2.93. The van der Waals surface area contributed by atoms with Gasteiger partial charge in [0.1, 0.15) is 12.4 Å². The molecule has 112 valence electrons. The third-order valence-corrected chi connectivity index (χ3v) is 4.93. The van der Waals surface area contributed by atoms with Gasteiger partial charge in [-0.05, 0) is 46.0 Å². The van der Waals surface area contributed by atoms with Crippen LogP contribution in [0.25, 0.3) is 0 Å². The van der Waals surface area contributed by atoms with Gasteiger partial charge < -0.3 is 9.47 Å². The largest absolute Gasteiger partial charge is 0.490 e. The fourth-order valence-electron chi connectivity index (χ4n) is 2.74. The predicted molar refractivity (Wildman–Crippen MR) is 86.7 cm³/mol. The third-order valence-electron chi connectivity index (χ3n) is 3.88. The second kappa shape index (κ2) is 8.26. The van der Waals surface area contributed by atoms with Crippen LogP contribution in [-0.4, -0.2) is 20.3 Å². The maximum absolute atomic E-state index is 6.56. The Balaban J connectivity index is 1.92. The van der Waals surface area contributed by atoms with Gasteiger partial charge in [0.25, 0.3) is 0 Å². The Bertz CT molecular complexity index is 419. The van der Waals surface area contributed by atoms with Crippen molar-refractivity contribution in [3.8, 4) is 5.75 Å². The summed E-state index contributed by atoms with van der Waals surface area (Å²) in [4.78, 5) is 0. The van der Waals surface area contributed by atoms with Gasteiger partial charge in [-0.2, -0.15) is 0 Å². The lowest BCUT2D eigenvalue weighted by Crippen LogP contribution is -2.05. The monoisotopic (exact) mass is 360 g/mol. The molecule has 1 atom stereocenters. The van der Waals surface area contributed by atoms with Crippen molar-refractivity contribution >= 4 is 27.5 Å². The molecule has 0 aliphatic heterocycles. The lowest BCUT2D eigenvalue weighted by molar-refractivity contribution is 0.146. The van der Waals surface area contributed by atoms with Crippen molar-refractivity contribution in [2.45, 2.75) is 37.5 Å². The van der Waals surface area contributed by atoms with Gasteiger partial charge >= 0.3 is 0 Å². The minimum Gasteiger partial charge on any atom is -0.490 e. The van der Waals surface area contributed by atoms with Crippen LogP contribution in [0, 0.1) is 5.92 Å². The lowest BCUT2D eigenvalue weighted by Gasteiger charge is -2.16. The first-order chi connectivity index (χ1) is 9.70. The zero-order valence-corrected chi connectivity index (χ0v) is 14.3. The summed E-state index contributed by atoms with van der Waals surface area (Å²) in [6.07, 6.45) is 6.48. The van der Waals surface area contributed by atoms with Gasteiger partial charge in [-0.15, -0.1) is 11.6 Å². The molecule has 0 bridgehead atoms. The molecule has 0 aromatic heterocycles. The number of methoxy groups -OCH3 is 1. The minimum atomic E-state index is 0.0995. The first kappa shape index (κ1) is 16.1. The normalized spacial score (nSPS) is 17.4. The van der Waals surface area contributed by atoms with Gasteiger partial charge in [0, 0.05) is 7.11 Å². The van der Waals surface area contributed by atoms with Crippen molar-refractivity contribution < 1.29 is 9.47 Å². The standard InChI is InChI=1S/C16H22BrClO2/c1-19-8-9-20-16-7-6-13(11-14(16)17)15(18)10-12-4-2-3-5-12/h6-7,11-12,15H,2-5,8-10H2,1H3. The van der Waals surface area contributed by atoms with E-state index in [1.54, 1.807) is 7.11 Å². The van der Waals surface area contributed by atoms with E-state index >= 15 is 0 Å². The molecular formula is C16H22BrClO2. The Kier molecular flexibility index (Phi) is 6.66. The minimum absolute atomic E-state index is 0.0995. The summed E-state index contributed by atoms with van der Waals surface area (Å²) in [5.41, 5.74) is 1.17. The van der Waals surface area contributed by atoms with Crippen LogP contribution in [0.1, 0.15) is 43.0 Å². The van der Waals surface area contributed by atoms with E-state index in [0.717, 1.165) is 22.6 Å². The summed E-state index contributed by atoms with van der Waals surface area (Å²) < 4.78 is 11.6. The molecule has 0 radical (unpaired) electrons. The van der Waals surface area contributed by atoms with Gasteiger partial charge in [-0.25, -0.2) is 0 Å². The summed E-state index contributed by atoms with van der Waals surface area (Å²) in [5.74, 6) is 1.64. The Labute approximate surface area is 134 Å². The molecule has 20 heavy (non-hydrogen) atoms. The molecule has 0 saturated heterocycles. The molecule has 1 aromatic carbocycles. The summed E-state index contributed by atoms with van der Waals surface area (Å²) in [6, 6.07) is 6.13. The van der Waals surface area contributed by atoms with Crippen LogP contribution in [0.5, 0.6) is 5.75 Å². The first-order valence-corrected chi connectivity index (χ1v) is 8.49. The van der Waals surface area contributed by atoms with Crippen molar-refractivity contribution in [2.75, 3.05) is 20.3 Å². The molecule has 1 unspecified atom stereocenters. The molecule has 1 saturated carbocycles. The molecular weight excluding hydrogens is 340 g/mol. The predicted octanol–water partition coefficient (Wildman–Crippen LogP) is 5.33.